The van der Waals surface area contributed by atoms with E-state index in [9.17, 15) is 0 Å². The fourth-order valence-corrected chi connectivity index (χ4v) is 2.01. The van der Waals surface area contributed by atoms with E-state index in [0.29, 0.717) is 0 Å². The lowest BCUT2D eigenvalue weighted by atomic mass is 9.98. The van der Waals surface area contributed by atoms with Gasteiger partial charge in [0.25, 0.3) is 0 Å². The molecule has 0 radical (unpaired) electrons. The SMILES string of the molecule is CCNCCC(C)Cc1ccc(I)cc1. The molecule has 0 aromatic heterocycles. The molecule has 15 heavy (non-hydrogen) atoms. The third kappa shape index (κ3) is 5.52. The van der Waals surface area contributed by atoms with Gasteiger partial charge in [-0.05, 0) is 72.1 Å². The number of hydrogen-bond acceptors (Lipinski definition) is 1. The van der Waals surface area contributed by atoms with Crippen LogP contribution in [0.3, 0.4) is 0 Å². The van der Waals surface area contributed by atoms with Crippen molar-refractivity contribution in [3.8, 4) is 0 Å². The summed E-state index contributed by atoms with van der Waals surface area (Å²) >= 11 is 2.35. The Morgan fingerprint density at radius 2 is 1.93 bits per heavy atom. The smallest absolute Gasteiger partial charge is 0.0130 e. The van der Waals surface area contributed by atoms with Gasteiger partial charge < -0.3 is 5.32 Å². The summed E-state index contributed by atoms with van der Waals surface area (Å²) in [5, 5.41) is 3.37. The van der Waals surface area contributed by atoms with E-state index in [0.717, 1.165) is 19.0 Å². The summed E-state index contributed by atoms with van der Waals surface area (Å²) in [4.78, 5) is 0. The highest BCUT2D eigenvalue weighted by Gasteiger charge is 2.02. The first-order chi connectivity index (χ1) is 7.22. The molecular formula is C13H20IN. The second-order valence-electron chi connectivity index (χ2n) is 4.08. The van der Waals surface area contributed by atoms with Crippen LogP contribution >= 0.6 is 22.6 Å². The van der Waals surface area contributed by atoms with Gasteiger partial charge in [0.15, 0.2) is 0 Å². The summed E-state index contributed by atoms with van der Waals surface area (Å²) < 4.78 is 1.32. The lowest BCUT2D eigenvalue weighted by Gasteiger charge is -2.11. The van der Waals surface area contributed by atoms with Gasteiger partial charge in [0.2, 0.25) is 0 Å². The maximum Gasteiger partial charge on any atom is 0.0130 e. The van der Waals surface area contributed by atoms with Gasteiger partial charge in [-0.1, -0.05) is 26.0 Å². The van der Waals surface area contributed by atoms with Gasteiger partial charge in [0, 0.05) is 3.57 Å². The zero-order chi connectivity index (χ0) is 11.1. The minimum atomic E-state index is 0.768. The Bertz CT molecular complexity index is 268. The number of hydrogen-bond donors (Lipinski definition) is 1. The van der Waals surface area contributed by atoms with Gasteiger partial charge in [-0.25, -0.2) is 0 Å². The van der Waals surface area contributed by atoms with Crippen molar-refractivity contribution in [1.82, 2.24) is 5.32 Å². The molecule has 1 nitrogen and oxygen atoms in total. The van der Waals surface area contributed by atoms with Crippen molar-refractivity contribution in [3.05, 3.63) is 33.4 Å². The summed E-state index contributed by atoms with van der Waals surface area (Å²) in [6.07, 6.45) is 2.46. The molecular weight excluding hydrogens is 297 g/mol. The molecule has 0 bridgehead atoms. The Hall–Kier alpha value is -0.0900. The van der Waals surface area contributed by atoms with Crippen molar-refractivity contribution < 1.29 is 0 Å². The number of nitrogens with one attached hydrogen (secondary N) is 1. The van der Waals surface area contributed by atoms with Crippen LogP contribution < -0.4 is 5.32 Å². The molecule has 0 aliphatic rings. The van der Waals surface area contributed by atoms with Crippen molar-refractivity contribution in [2.24, 2.45) is 5.92 Å². The number of rotatable bonds is 6. The number of benzene rings is 1. The first-order valence-electron chi connectivity index (χ1n) is 5.67. The third-order valence-electron chi connectivity index (χ3n) is 2.56. The molecule has 0 amide bonds. The predicted molar refractivity (Wildman–Crippen MR) is 75.2 cm³/mol. The summed E-state index contributed by atoms with van der Waals surface area (Å²) in [6, 6.07) is 8.86. The maximum absolute atomic E-state index is 3.37. The molecule has 0 saturated carbocycles. The second-order valence-corrected chi connectivity index (χ2v) is 5.32. The molecule has 0 fully saturated rings. The Labute approximate surface area is 107 Å². The van der Waals surface area contributed by atoms with E-state index in [-0.39, 0.29) is 0 Å². The molecule has 84 valence electrons. The topological polar surface area (TPSA) is 12.0 Å². The number of halogens is 1. The second kappa shape index (κ2) is 7.23. The van der Waals surface area contributed by atoms with Crippen LogP contribution in [0.5, 0.6) is 0 Å². The van der Waals surface area contributed by atoms with E-state index in [1.807, 2.05) is 0 Å². The molecule has 1 atom stereocenters. The van der Waals surface area contributed by atoms with Gasteiger partial charge in [-0.3, -0.25) is 0 Å². The van der Waals surface area contributed by atoms with E-state index in [1.54, 1.807) is 0 Å². The molecule has 0 aliphatic heterocycles. The van der Waals surface area contributed by atoms with E-state index in [4.69, 9.17) is 0 Å². The van der Waals surface area contributed by atoms with E-state index >= 15 is 0 Å². The van der Waals surface area contributed by atoms with Crippen molar-refractivity contribution in [2.75, 3.05) is 13.1 Å². The normalized spacial score (nSPS) is 12.7. The lowest BCUT2D eigenvalue weighted by Crippen LogP contribution is -2.17. The average molecular weight is 317 g/mol. The quantitative estimate of drug-likeness (QED) is 0.626. The van der Waals surface area contributed by atoms with E-state index < -0.39 is 0 Å². The van der Waals surface area contributed by atoms with Crippen molar-refractivity contribution >= 4 is 22.6 Å². The highest BCUT2D eigenvalue weighted by molar-refractivity contribution is 14.1. The summed E-state index contributed by atoms with van der Waals surface area (Å²) in [5.74, 6) is 0.768. The van der Waals surface area contributed by atoms with Crippen LogP contribution in [-0.2, 0) is 6.42 Å². The van der Waals surface area contributed by atoms with Crippen LogP contribution in [0.15, 0.2) is 24.3 Å². The molecule has 1 aromatic carbocycles. The van der Waals surface area contributed by atoms with Crippen LogP contribution in [0.2, 0.25) is 0 Å². The Kier molecular flexibility index (Phi) is 6.25. The van der Waals surface area contributed by atoms with E-state index in [1.165, 1.54) is 22.0 Å². The Morgan fingerprint density at radius 3 is 2.53 bits per heavy atom. The largest absolute Gasteiger partial charge is 0.317 e. The predicted octanol–water partition coefficient (Wildman–Crippen LogP) is 3.47. The lowest BCUT2D eigenvalue weighted by molar-refractivity contribution is 0.504. The fraction of sp³-hybridized carbons (Fsp3) is 0.538. The minimum absolute atomic E-state index is 0.768. The van der Waals surface area contributed by atoms with Crippen molar-refractivity contribution in [1.29, 1.82) is 0 Å². The van der Waals surface area contributed by atoms with Crippen LogP contribution in [0.1, 0.15) is 25.8 Å². The van der Waals surface area contributed by atoms with Gasteiger partial charge in [-0.15, -0.1) is 0 Å². The van der Waals surface area contributed by atoms with Gasteiger partial charge >= 0.3 is 0 Å². The maximum atomic E-state index is 3.37. The summed E-state index contributed by atoms with van der Waals surface area (Å²) in [5.41, 5.74) is 1.46. The summed E-state index contributed by atoms with van der Waals surface area (Å²) in [7, 11) is 0. The van der Waals surface area contributed by atoms with Gasteiger partial charge in [0.1, 0.15) is 0 Å². The van der Waals surface area contributed by atoms with E-state index in [2.05, 4.69) is 66.0 Å². The van der Waals surface area contributed by atoms with Crippen LogP contribution in [0, 0.1) is 9.49 Å². The third-order valence-corrected chi connectivity index (χ3v) is 3.28. The highest BCUT2D eigenvalue weighted by Crippen LogP contribution is 2.13. The zero-order valence-corrected chi connectivity index (χ0v) is 11.8. The summed E-state index contributed by atoms with van der Waals surface area (Å²) in [6.45, 7) is 6.71. The molecule has 2 heteroatoms. The molecule has 1 N–H and O–H groups in total. The minimum Gasteiger partial charge on any atom is -0.317 e. The monoisotopic (exact) mass is 317 g/mol. The molecule has 1 unspecified atom stereocenters. The van der Waals surface area contributed by atoms with Crippen LogP contribution in [-0.4, -0.2) is 13.1 Å². The standard InChI is InChI=1S/C13H20IN/c1-3-15-9-8-11(2)10-12-4-6-13(14)7-5-12/h4-7,11,15H,3,8-10H2,1-2H3. The molecule has 0 heterocycles. The Balaban J connectivity index is 2.31. The molecule has 1 aromatic rings. The fourth-order valence-electron chi connectivity index (χ4n) is 1.65. The zero-order valence-electron chi connectivity index (χ0n) is 9.59. The van der Waals surface area contributed by atoms with Crippen LogP contribution in [0.4, 0.5) is 0 Å². The first-order valence-corrected chi connectivity index (χ1v) is 6.75. The molecule has 0 saturated heterocycles. The Morgan fingerprint density at radius 1 is 1.27 bits per heavy atom. The van der Waals surface area contributed by atoms with Gasteiger partial charge in [0.05, 0.1) is 0 Å². The van der Waals surface area contributed by atoms with Crippen molar-refractivity contribution in [3.63, 3.8) is 0 Å². The molecule has 0 aliphatic carbocycles. The first kappa shape index (κ1) is 13.0. The average Bonchev–Trinajstić information content (AvgIpc) is 2.22. The highest BCUT2D eigenvalue weighted by atomic mass is 127. The molecule has 0 spiro atoms. The van der Waals surface area contributed by atoms with Crippen LogP contribution in [0.25, 0.3) is 0 Å². The van der Waals surface area contributed by atoms with Gasteiger partial charge in [-0.2, -0.15) is 0 Å². The molecule has 1 rings (SSSR count). The van der Waals surface area contributed by atoms with Crippen molar-refractivity contribution in [2.45, 2.75) is 26.7 Å².